The van der Waals surface area contributed by atoms with E-state index in [4.69, 9.17) is 5.11 Å². The molecule has 0 radical (unpaired) electrons. The minimum atomic E-state index is -3.65. The van der Waals surface area contributed by atoms with Crippen molar-refractivity contribution in [1.82, 2.24) is 9.88 Å². The number of hydrogen-bond acceptors (Lipinski definition) is 6. The van der Waals surface area contributed by atoms with Crippen LogP contribution >= 0.6 is 0 Å². The molecule has 1 aromatic carbocycles. The maximum Gasteiger partial charge on any atom is 0.265 e. The zero-order valence-corrected chi connectivity index (χ0v) is 17.7. The van der Waals surface area contributed by atoms with Crippen LogP contribution in [0.1, 0.15) is 19.8 Å². The van der Waals surface area contributed by atoms with E-state index in [1.54, 1.807) is 24.3 Å². The average Bonchev–Trinajstić information content (AvgIpc) is 2.75. The van der Waals surface area contributed by atoms with Gasteiger partial charge >= 0.3 is 0 Å². The lowest BCUT2D eigenvalue weighted by atomic mass is 9.97. The van der Waals surface area contributed by atoms with Gasteiger partial charge in [-0.25, -0.2) is 13.4 Å². The maximum absolute atomic E-state index is 13.0. The topological polar surface area (TPSA) is 85.8 Å². The lowest BCUT2D eigenvalue weighted by molar-refractivity contribution is 0.151. The molecule has 0 aliphatic carbocycles. The van der Waals surface area contributed by atoms with Crippen LogP contribution in [0.15, 0.2) is 53.6 Å². The molecule has 1 aliphatic heterocycles. The largest absolute Gasteiger partial charge is 0.395 e. The number of anilines is 2. The number of benzene rings is 1. The van der Waals surface area contributed by atoms with Gasteiger partial charge in [-0.15, -0.1) is 0 Å². The number of sulfonamides is 1. The number of aliphatic hydroxyl groups excluding tert-OH is 1. The van der Waals surface area contributed by atoms with Crippen molar-refractivity contribution in [2.75, 3.05) is 49.0 Å². The van der Waals surface area contributed by atoms with Crippen molar-refractivity contribution in [3.8, 4) is 0 Å². The van der Waals surface area contributed by atoms with E-state index in [1.165, 1.54) is 10.5 Å². The molecular formula is C21H30N4O3S. The molecule has 1 aliphatic rings. The van der Waals surface area contributed by atoms with Gasteiger partial charge in [0.2, 0.25) is 0 Å². The van der Waals surface area contributed by atoms with Gasteiger partial charge in [0.1, 0.15) is 10.7 Å². The van der Waals surface area contributed by atoms with Gasteiger partial charge in [0.25, 0.3) is 10.0 Å². The summed E-state index contributed by atoms with van der Waals surface area (Å²) in [6.45, 7) is 5.95. The van der Waals surface area contributed by atoms with Gasteiger partial charge in [0.15, 0.2) is 0 Å². The molecule has 0 amide bonds. The van der Waals surface area contributed by atoms with Crippen molar-refractivity contribution in [1.29, 1.82) is 0 Å². The Morgan fingerprint density at radius 1 is 1.17 bits per heavy atom. The highest BCUT2D eigenvalue weighted by Gasteiger charge is 2.24. The second kappa shape index (κ2) is 10.0. The number of likely N-dealkylation sites (tertiary alicyclic amines) is 1. The van der Waals surface area contributed by atoms with E-state index in [0.717, 1.165) is 39.0 Å². The van der Waals surface area contributed by atoms with Gasteiger partial charge in [-0.2, -0.15) is 0 Å². The number of nitrogens with one attached hydrogen (secondary N) is 1. The van der Waals surface area contributed by atoms with Crippen molar-refractivity contribution in [3.63, 3.8) is 0 Å². The molecule has 0 saturated carbocycles. The van der Waals surface area contributed by atoms with E-state index in [9.17, 15) is 8.42 Å². The number of piperidine rings is 1. The minimum Gasteiger partial charge on any atom is -0.395 e. The normalized spacial score (nSPS) is 15.9. The fraction of sp³-hybridized carbons (Fsp3) is 0.476. The van der Waals surface area contributed by atoms with Crippen LogP contribution in [-0.4, -0.2) is 62.7 Å². The molecule has 2 N–H and O–H groups in total. The third-order valence-corrected chi connectivity index (χ3v) is 7.24. The molecular weight excluding hydrogens is 388 g/mol. The number of hydrogen-bond donors (Lipinski definition) is 2. The van der Waals surface area contributed by atoms with Crippen LogP contribution in [0.3, 0.4) is 0 Å². The lowest BCUT2D eigenvalue weighted by Gasteiger charge is -2.31. The number of pyridine rings is 1. The highest BCUT2D eigenvalue weighted by atomic mass is 32.2. The molecule has 0 unspecified atom stereocenters. The van der Waals surface area contributed by atoms with Gasteiger partial charge in [0, 0.05) is 25.8 Å². The second-order valence-corrected chi connectivity index (χ2v) is 9.14. The molecule has 29 heavy (non-hydrogen) atoms. The molecule has 1 fully saturated rings. The SMILES string of the molecule is CCN(c1ccccc1)S(=O)(=O)c1ccc(NCC2CCN(CCO)CC2)nc1. The predicted molar refractivity (Wildman–Crippen MR) is 116 cm³/mol. The standard InChI is InChI=1S/C21H30N4O3S/c1-2-25(19-6-4-3-5-7-19)29(27,28)20-8-9-21(23-17-20)22-16-18-10-12-24(13-11-18)14-15-26/h3-9,17-18,26H,2,10-16H2,1H3,(H,22,23). The zero-order valence-electron chi connectivity index (χ0n) is 16.9. The number of β-amino-alcohol motifs (C(OH)–C–C–N with tert-alkyl or cyclic N) is 1. The molecule has 1 saturated heterocycles. The fourth-order valence-corrected chi connectivity index (χ4v) is 5.07. The summed E-state index contributed by atoms with van der Waals surface area (Å²) in [5, 5.41) is 12.4. The Bertz CT molecular complexity index is 851. The maximum atomic E-state index is 13.0. The molecule has 8 heteroatoms. The number of rotatable bonds is 9. The van der Waals surface area contributed by atoms with Crippen LogP contribution in [0.2, 0.25) is 0 Å². The molecule has 2 heterocycles. The molecule has 3 rings (SSSR count). The van der Waals surface area contributed by atoms with Gasteiger partial charge in [0.05, 0.1) is 12.3 Å². The summed E-state index contributed by atoms with van der Waals surface area (Å²) in [7, 11) is -3.65. The van der Waals surface area contributed by atoms with E-state index in [1.807, 2.05) is 25.1 Å². The van der Waals surface area contributed by atoms with Crippen LogP contribution in [0.25, 0.3) is 0 Å². The summed E-state index contributed by atoms with van der Waals surface area (Å²) >= 11 is 0. The smallest absolute Gasteiger partial charge is 0.265 e. The Hall–Kier alpha value is -2.16. The van der Waals surface area contributed by atoms with Crippen LogP contribution in [0.5, 0.6) is 0 Å². The Labute approximate surface area is 173 Å². The minimum absolute atomic E-state index is 0.186. The van der Waals surface area contributed by atoms with E-state index in [2.05, 4.69) is 15.2 Å². The third kappa shape index (κ3) is 5.46. The van der Waals surface area contributed by atoms with Gasteiger partial charge in [-0.3, -0.25) is 4.31 Å². The molecule has 2 aromatic rings. The molecule has 1 aromatic heterocycles. The number of aliphatic hydroxyl groups is 1. The molecule has 0 atom stereocenters. The number of nitrogens with zero attached hydrogens (tertiary/aromatic N) is 3. The van der Waals surface area contributed by atoms with Crippen LogP contribution in [0, 0.1) is 5.92 Å². The monoisotopic (exact) mass is 418 g/mol. The first-order valence-corrected chi connectivity index (χ1v) is 11.6. The van der Waals surface area contributed by atoms with Gasteiger partial charge < -0.3 is 15.3 Å². The van der Waals surface area contributed by atoms with Crippen molar-refractivity contribution in [2.45, 2.75) is 24.7 Å². The highest BCUT2D eigenvalue weighted by molar-refractivity contribution is 7.92. The van der Waals surface area contributed by atoms with E-state index < -0.39 is 10.0 Å². The quantitative estimate of drug-likeness (QED) is 0.650. The van der Waals surface area contributed by atoms with Crippen LogP contribution in [0.4, 0.5) is 11.5 Å². The molecule has 0 bridgehead atoms. The van der Waals surface area contributed by atoms with Crippen LogP contribution in [-0.2, 0) is 10.0 Å². The summed E-state index contributed by atoms with van der Waals surface area (Å²) in [5.41, 5.74) is 0.643. The predicted octanol–water partition coefficient (Wildman–Crippen LogP) is 2.41. The average molecular weight is 419 g/mol. The third-order valence-electron chi connectivity index (χ3n) is 5.35. The second-order valence-electron chi connectivity index (χ2n) is 7.27. The summed E-state index contributed by atoms with van der Waals surface area (Å²) < 4.78 is 27.4. The summed E-state index contributed by atoms with van der Waals surface area (Å²) in [6.07, 6.45) is 3.59. The van der Waals surface area contributed by atoms with E-state index >= 15 is 0 Å². The Morgan fingerprint density at radius 2 is 1.90 bits per heavy atom. The Kier molecular flexibility index (Phi) is 7.46. The van der Waals surface area contributed by atoms with Gasteiger partial charge in [-0.1, -0.05) is 18.2 Å². The van der Waals surface area contributed by atoms with Gasteiger partial charge in [-0.05, 0) is 63.0 Å². The summed E-state index contributed by atoms with van der Waals surface area (Å²) in [4.78, 5) is 6.79. The first kappa shape index (κ1) is 21.5. The molecule has 0 spiro atoms. The number of aromatic nitrogens is 1. The fourth-order valence-electron chi connectivity index (χ4n) is 3.65. The van der Waals surface area contributed by atoms with Crippen molar-refractivity contribution < 1.29 is 13.5 Å². The summed E-state index contributed by atoms with van der Waals surface area (Å²) in [6, 6.07) is 12.4. The molecule has 7 nitrogen and oxygen atoms in total. The lowest BCUT2D eigenvalue weighted by Crippen LogP contribution is -2.37. The van der Waals surface area contributed by atoms with Crippen LogP contribution < -0.4 is 9.62 Å². The van der Waals surface area contributed by atoms with Crippen molar-refractivity contribution in [2.24, 2.45) is 5.92 Å². The first-order chi connectivity index (χ1) is 14.0. The first-order valence-electron chi connectivity index (χ1n) is 10.2. The number of para-hydroxylation sites is 1. The summed E-state index contributed by atoms with van der Waals surface area (Å²) in [5.74, 6) is 1.24. The molecule has 158 valence electrons. The van der Waals surface area contributed by atoms with Crippen molar-refractivity contribution >= 4 is 21.5 Å². The van der Waals surface area contributed by atoms with Crippen molar-refractivity contribution in [3.05, 3.63) is 48.7 Å². The zero-order chi connectivity index (χ0) is 20.7. The highest BCUT2D eigenvalue weighted by Crippen LogP contribution is 2.23. The Morgan fingerprint density at radius 3 is 2.48 bits per heavy atom. The van der Waals surface area contributed by atoms with E-state index in [0.29, 0.717) is 24.0 Å². The van der Waals surface area contributed by atoms with E-state index in [-0.39, 0.29) is 11.5 Å². The Balaban J connectivity index is 1.59.